The fourth-order valence-electron chi connectivity index (χ4n) is 2.61. The molecule has 1 atom stereocenters. The van der Waals surface area contributed by atoms with Crippen LogP contribution in [0.3, 0.4) is 0 Å². The average Bonchev–Trinajstić information content (AvgIpc) is 3.11. The lowest BCUT2D eigenvalue weighted by Gasteiger charge is -2.08. The molecule has 0 aliphatic carbocycles. The van der Waals surface area contributed by atoms with E-state index in [4.69, 9.17) is 23.2 Å². The van der Waals surface area contributed by atoms with Crippen molar-refractivity contribution in [3.63, 3.8) is 0 Å². The highest BCUT2D eigenvalue weighted by Gasteiger charge is 2.28. The number of benzene rings is 1. The van der Waals surface area contributed by atoms with Gasteiger partial charge in [-0.2, -0.15) is 5.10 Å². The Morgan fingerprint density at radius 3 is 2.83 bits per heavy atom. The van der Waals surface area contributed by atoms with Crippen LogP contribution >= 0.6 is 23.2 Å². The first-order valence-corrected chi connectivity index (χ1v) is 9.90. The van der Waals surface area contributed by atoms with Crippen LogP contribution in [0.2, 0.25) is 10.0 Å². The van der Waals surface area contributed by atoms with Crippen LogP contribution in [0.4, 0.5) is 0 Å². The summed E-state index contributed by atoms with van der Waals surface area (Å²) < 4.78 is 24.3. The fraction of sp³-hybridized carbons (Fsp3) is 0.333. The molecule has 0 radical (unpaired) electrons. The van der Waals surface area contributed by atoms with Gasteiger partial charge >= 0.3 is 0 Å². The lowest BCUT2D eigenvalue weighted by Crippen LogP contribution is -2.29. The van der Waals surface area contributed by atoms with E-state index >= 15 is 0 Å². The molecule has 128 valence electrons. The average molecular weight is 388 g/mol. The summed E-state index contributed by atoms with van der Waals surface area (Å²) >= 11 is 12.0. The van der Waals surface area contributed by atoms with Gasteiger partial charge < -0.3 is 5.32 Å². The SMILES string of the molecule is O=C(NCC1CCS(=O)(=O)C1)c1cnn(-c2ccc(Cl)cc2Cl)c1. The van der Waals surface area contributed by atoms with E-state index in [1.807, 2.05) is 0 Å². The topological polar surface area (TPSA) is 81.1 Å². The van der Waals surface area contributed by atoms with Crippen LogP contribution in [-0.2, 0) is 9.84 Å². The van der Waals surface area contributed by atoms with Crippen LogP contribution in [0, 0.1) is 5.92 Å². The highest BCUT2D eigenvalue weighted by atomic mass is 35.5. The van der Waals surface area contributed by atoms with Crippen molar-refractivity contribution >= 4 is 38.9 Å². The third-order valence-electron chi connectivity index (χ3n) is 3.88. The Morgan fingerprint density at radius 1 is 1.38 bits per heavy atom. The lowest BCUT2D eigenvalue weighted by molar-refractivity contribution is 0.0948. The predicted octanol–water partition coefficient (Wildman–Crippen LogP) is 2.34. The van der Waals surface area contributed by atoms with Crippen molar-refractivity contribution < 1.29 is 13.2 Å². The van der Waals surface area contributed by atoms with Crippen molar-refractivity contribution in [1.82, 2.24) is 15.1 Å². The minimum absolute atomic E-state index is 0.0281. The molecule has 1 fully saturated rings. The fourth-order valence-corrected chi connectivity index (χ4v) is 4.97. The molecular weight excluding hydrogens is 373 g/mol. The maximum Gasteiger partial charge on any atom is 0.254 e. The molecule has 3 rings (SSSR count). The molecule has 1 aromatic carbocycles. The number of halogens is 2. The summed E-state index contributed by atoms with van der Waals surface area (Å²) in [5, 5.41) is 7.83. The van der Waals surface area contributed by atoms with Crippen molar-refractivity contribution in [2.24, 2.45) is 5.92 Å². The maximum absolute atomic E-state index is 12.2. The van der Waals surface area contributed by atoms with Crippen molar-refractivity contribution in [1.29, 1.82) is 0 Å². The third kappa shape index (κ3) is 3.91. The van der Waals surface area contributed by atoms with Gasteiger partial charge in [-0.25, -0.2) is 13.1 Å². The van der Waals surface area contributed by atoms with Gasteiger partial charge in [-0.15, -0.1) is 0 Å². The molecular formula is C15H15Cl2N3O3S. The van der Waals surface area contributed by atoms with Crippen LogP contribution in [0.5, 0.6) is 0 Å². The highest BCUT2D eigenvalue weighted by Crippen LogP contribution is 2.24. The number of carbonyl (C=O) groups is 1. The monoisotopic (exact) mass is 387 g/mol. The molecule has 6 nitrogen and oxygen atoms in total. The Morgan fingerprint density at radius 2 is 2.17 bits per heavy atom. The molecule has 2 heterocycles. The molecule has 2 aromatic rings. The molecule has 1 saturated heterocycles. The number of hydrogen-bond donors (Lipinski definition) is 1. The summed E-state index contributed by atoms with van der Waals surface area (Å²) in [5.74, 6) is 0.00308. The Kier molecular flexibility index (Phi) is 4.85. The quantitative estimate of drug-likeness (QED) is 0.872. The van der Waals surface area contributed by atoms with Crippen molar-refractivity contribution in [3.8, 4) is 5.69 Å². The number of nitrogens with one attached hydrogen (secondary N) is 1. The van der Waals surface area contributed by atoms with Crippen molar-refractivity contribution in [3.05, 3.63) is 46.2 Å². The smallest absolute Gasteiger partial charge is 0.254 e. The third-order valence-corrected chi connectivity index (χ3v) is 6.25. The molecule has 1 unspecified atom stereocenters. The standard InChI is InChI=1S/C15H15Cl2N3O3S/c16-12-1-2-14(13(17)5-12)20-8-11(7-19-20)15(21)18-6-10-3-4-24(22,23)9-10/h1-2,5,7-8,10H,3-4,6,9H2,(H,18,21). The number of amides is 1. The second-order valence-corrected chi connectivity index (χ2v) is 8.82. The minimum atomic E-state index is -2.94. The summed E-state index contributed by atoms with van der Waals surface area (Å²) in [6, 6.07) is 4.99. The van der Waals surface area contributed by atoms with Gasteiger partial charge in [-0.1, -0.05) is 23.2 Å². The maximum atomic E-state index is 12.2. The number of nitrogens with zero attached hydrogens (tertiary/aromatic N) is 2. The van der Waals surface area contributed by atoms with Gasteiger partial charge in [0.2, 0.25) is 0 Å². The molecule has 0 saturated carbocycles. The van der Waals surface area contributed by atoms with E-state index in [0.29, 0.717) is 34.3 Å². The van der Waals surface area contributed by atoms with Crippen LogP contribution in [0.1, 0.15) is 16.8 Å². The van der Waals surface area contributed by atoms with Gasteiger partial charge in [0.25, 0.3) is 5.91 Å². The predicted molar refractivity (Wildman–Crippen MR) is 92.7 cm³/mol. The van der Waals surface area contributed by atoms with E-state index in [1.54, 1.807) is 24.4 Å². The second kappa shape index (κ2) is 6.74. The molecule has 0 bridgehead atoms. The van der Waals surface area contributed by atoms with E-state index in [1.165, 1.54) is 10.9 Å². The first-order valence-electron chi connectivity index (χ1n) is 7.33. The molecule has 1 amide bonds. The van der Waals surface area contributed by atoms with Gasteiger partial charge in [0.1, 0.15) is 0 Å². The Balaban J connectivity index is 1.66. The number of rotatable bonds is 4. The van der Waals surface area contributed by atoms with Gasteiger partial charge in [0, 0.05) is 17.8 Å². The molecule has 1 aromatic heterocycles. The summed E-state index contributed by atoms with van der Waals surface area (Å²) in [5.41, 5.74) is 0.990. The van der Waals surface area contributed by atoms with Crippen LogP contribution in [0.15, 0.2) is 30.6 Å². The molecule has 1 aliphatic rings. The molecule has 1 aliphatic heterocycles. The van der Waals surface area contributed by atoms with Crippen molar-refractivity contribution in [2.45, 2.75) is 6.42 Å². The van der Waals surface area contributed by atoms with Crippen LogP contribution in [0.25, 0.3) is 5.69 Å². The molecule has 24 heavy (non-hydrogen) atoms. The number of aromatic nitrogens is 2. The first-order chi connectivity index (χ1) is 11.3. The number of hydrogen-bond acceptors (Lipinski definition) is 4. The minimum Gasteiger partial charge on any atom is -0.352 e. The zero-order valence-electron chi connectivity index (χ0n) is 12.6. The second-order valence-electron chi connectivity index (χ2n) is 5.75. The Hall–Kier alpha value is -1.57. The van der Waals surface area contributed by atoms with E-state index < -0.39 is 9.84 Å². The molecule has 1 N–H and O–H groups in total. The zero-order chi connectivity index (χ0) is 17.3. The number of carbonyl (C=O) groups excluding carboxylic acids is 1. The van der Waals surface area contributed by atoms with Crippen molar-refractivity contribution in [2.75, 3.05) is 18.1 Å². The largest absolute Gasteiger partial charge is 0.352 e. The Bertz CT molecular complexity index is 880. The summed E-state index contributed by atoms with van der Waals surface area (Å²) in [7, 11) is -2.94. The summed E-state index contributed by atoms with van der Waals surface area (Å²) in [6.07, 6.45) is 3.59. The summed E-state index contributed by atoms with van der Waals surface area (Å²) in [4.78, 5) is 12.2. The first kappa shape index (κ1) is 17.3. The van der Waals surface area contributed by atoms with Gasteiger partial charge in [-0.05, 0) is 30.5 Å². The summed E-state index contributed by atoms with van der Waals surface area (Å²) in [6.45, 7) is 0.338. The molecule has 0 spiro atoms. The van der Waals surface area contributed by atoms with E-state index in [9.17, 15) is 13.2 Å². The van der Waals surface area contributed by atoms with Gasteiger partial charge in [-0.3, -0.25) is 4.79 Å². The highest BCUT2D eigenvalue weighted by molar-refractivity contribution is 7.91. The van der Waals surface area contributed by atoms with Crippen LogP contribution < -0.4 is 5.32 Å². The van der Waals surface area contributed by atoms with E-state index in [-0.39, 0.29) is 23.3 Å². The lowest BCUT2D eigenvalue weighted by atomic mass is 10.1. The zero-order valence-corrected chi connectivity index (χ0v) is 14.9. The van der Waals surface area contributed by atoms with Crippen LogP contribution in [-0.4, -0.2) is 42.2 Å². The Labute approximate surface area is 149 Å². The van der Waals surface area contributed by atoms with Gasteiger partial charge in [0.05, 0.1) is 34.0 Å². The molecule has 9 heteroatoms. The van der Waals surface area contributed by atoms with E-state index in [2.05, 4.69) is 10.4 Å². The number of sulfone groups is 1. The normalized spacial score (nSPS) is 19.3. The van der Waals surface area contributed by atoms with Gasteiger partial charge in [0.15, 0.2) is 9.84 Å². The van der Waals surface area contributed by atoms with E-state index in [0.717, 1.165) is 0 Å².